The highest BCUT2D eigenvalue weighted by atomic mass is 32.2. The largest absolute Gasteiger partial charge is 0.494 e. The van der Waals surface area contributed by atoms with E-state index in [4.69, 9.17) is 51.1 Å². The maximum Gasteiger partial charge on any atom is 0.267 e. The van der Waals surface area contributed by atoms with Gasteiger partial charge in [-0.25, -0.2) is 0 Å². The molecule has 2 fully saturated rings. The van der Waals surface area contributed by atoms with Gasteiger partial charge in [-0.3, -0.25) is 19.9 Å². The van der Waals surface area contributed by atoms with E-state index < -0.39 is 45.0 Å². The van der Waals surface area contributed by atoms with E-state index >= 15 is 0 Å². The predicted octanol–water partition coefficient (Wildman–Crippen LogP) is 9.09. The number of benzene rings is 2. The fraction of sp³-hybridized carbons (Fsp3) is 0.660. The summed E-state index contributed by atoms with van der Waals surface area (Å²) in [5.41, 5.74) is 18.6. The van der Waals surface area contributed by atoms with E-state index in [0.29, 0.717) is 46.5 Å². The van der Waals surface area contributed by atoms with E-state index in [9.17, 15) is 21.9 Å². The Morgan fingerprint density at radius 2 is 1.21 bits per heavy atom. The van der Waals surface area contributed by atoms with E-state index in [1.54, 1.807) is 24.3 Å². The van der Waals surface area contributed by atoms with Crippen molar-refractivity contribution in [3.05, 3.63) is 82.5 Å². The molecule has 2 saturated carbocycles. The summed E-state index contributed by atoms with van der Waals surface area (Å²) in [6.07, 6.45) is 18.1. The van der Waals surface area contributed by atoms with Gasteiger partial charge in [-0.05, 0) is 185 Å². The van der Waals surface area contributed by atoms with Crippen LogP contribution >= 0.6 is 0 Å². The van der Waals surface area contributed by atoms with Crippen molar-refractivity contribution in [2.45, 2.75) is 145 Å². The molecule has 0 aliphatic heterocycles. The molecule has 0 amide bonds. The minimum absolute atomic E-state index is 0.0465. The number of hydrogen-bond acceptors (Lipinski definition) is 11. The van der Waals surface area contributed by atoms with Crippen LogP contribution in [-0.2, 0) is 20.2 Å². The maximum atomic E-state index is 10.8. The summed E-state index contributed by atoms with van der Waals surface area (Å²) in [5, 5.41) is 41.2. The van der Waals surface area contributed by atoms with Crippen molar-refractivity contribution in [3.63, 3.8) is 0 Å². The van der Waals surface area contributed by atoms with Crippen LogP contribution < -0.4 is 20.9 Å². The van der Waals surface area contributed by atoms with Gasteiger partial charge in [0, 0.05) is 11.1 Å². The number of aliphatic hydroxyl groups excluding tert-OH is 3. The zero-order chi connectivity index (χ0) is 52.7. The number of nitrogens with two attached hydrogens (primary N) is 2. The number of unbranched alkanes of at least 4 members (excludes halogenated alkanes) is 2. The number of aliphatic hydroxyl groups is 3. The standard InChI is InChI=1S/C30H50O.C19H24N4O2.2C2H6O4S/c1-20(2)10-9-11-21(3)22-14-18-30(8)24-12-13-25-27(4,5)26(31)16-17-28(25,6)23(24)15-19-29(22,30)7;20-18(21)14-4-8-16(9-5-14)24-12-2-1-3-13-25-17-10-6-15(7-11-17)19(22)23;2*3-1-2-7(4,5)6/h10,21-22,25-26,31H,9,11-19H2,1-8H3;4-11H,1-3,12-13H2,(H3,20,21)(H3,22,23);2*3H,1-2H2,(H,4,5,6). The van der Waals surface area contributed by atoms with Crippen molar-refractivity contribution >= 4 is 31.9 Å². The lowest BCUT2D eigenvalue weighted by Gasteiger charge is -2.62. The third-order valence-electron chi connectivity index (χ3n) is 16.0. The summed E-state index contributed by atoms with van der Waals surface area (Å²) in [5.74, 6) is 2.85. The van der Waals surface area contributed by atoms with Gasteiger partial charge in [-0.2, -0.15) is 16.8 Å². The molecule has 70 heavy (non-hydrogen) atoms. The molecule has 6 rings (SSSR count). The van der Waals surface area contributed by atoms with Gasteiger partial charge in [-0.1, -0.05) is 64.3 Å². The first-order chi connectivity index (χ1) is 32.6. The van der Waals surface area contributed by atoms with Crippen LogP contribution in [0.3, 0.4) is 0 Å². The smallest absolute Gasteiger partial charge is 0.267 e. The van der Waals surface area contributed by atoms with E-state index in [0.717, 1.165) is 49.0 Å². The minimum Gasteiger partial charge on any atom is -0.494 e. The van der Waals surface area contributed by atoms with E-state index in [2.05, 4.69) is 61.5 Å². The van der Waals surface area contributed by atoms with Crippen molar-refractivity contribution in [2.24, 2.45) is 50.9 Å². The van der Waals surface area contributed by atoms with Gasteiger partial charge >= 0.3 is 0 Å². The molecule has 4 aliphatic carbocycles. The van der Waals surface area contributed by atoms with Gasteiger partial charge < -0.3 is 36.3 Å². The summed E-state index contributed by atoms with van der Waals surface area (Å²) in [6.45, 7) is 19.9. The Labute approximate surface area is 419 Å². The number of rotatable bonds is 18. The molecule has 0 radical (unpaired) electrons. The highest BCUT2D eigenvalue weighted by Gasteiger charge is 2.63. The molecular weight excluding hydrogens is 933 g/mol. The highest BCUT2D eigenvalue weighted by Crippen LogP contribution is 2.72. The van der Waals surface area contributed by atoms with Gasteiger partial charge in [0.1, 0.15) is 23.2 Å². The Morgan fingerprint density at radius 1 is 0.729 bits per heavy atom. The van der Waals surface area contributed by atoms with Crippen LogP contribution in [0.4, 0.5) is 0 Å². The summed E-state index contributed by atoms with van der Waals surface area (Å²) < 4.78 is 65.5. The van der Waals surface area contributed by atoms with Crippen LogP contribution in [0.1, 0.15) is 150 Å². The van der Waals surface area contributed by atoms with Crippen molar-refractivity contribution < 1.29 is 50.7 Å². The van der Waals surface area contributed by atoms with Gasteiger partial charge in [0.2, 0.25) is 0 Å². The molecule has 11 N–H and O–H groups in total. The number of hydrogen-bond donors (Lipinski definition) is 9. The SMILES string of the molecule is CC(C)=CCCC(C)C1CCC2(C)C3=C(CCC12C)C1(C)CCC(O)C(C)(C)C1CC3.N=C(N)c1ccc(OCCCCCOc2ccc(C(=N)N)cc2)cc1.O=S(=O)(O)CCO.O=S(=O)(O)CCO. The molecule has 396 valence electrons. The number of ether oxygens (including phenoxy) is 2. The molecule has 0 bridgehead atoms. The van der Waals surface area contributed by atoms with E-state index in [-0.39, 0.29) is 23.2 Å². The lowest BCUT2D eigenvalue weighted by Crippen LogP contribution is -2.55. The quantitative estimate of drug-likeness (QED) is 0.0222. The van der Waals surface area contributed by atoms with Gasteiger partial charge in [0.05, 0.1) is 44.0 Å². The Hall–Kier alpha value is -3.84. The normalized spacial score (nSPS) is 25.9. The average Bonchev–Trinajstić information content (AvgIpc) is 3.55. The molecule has 0 saturated heterocycles. The molecule has 17 heteroatoms. The number of nitrogen functional groups attached to an aromatic ring is 2. The summed E-state index contributed by atoms with van der Waals surface area (Å²) in [7, 11) is -7.85. The molecule has 7 atom stereocenters. The summed E-state index contributed by atoms with van der Waals surface area (Å²) in [4.78, 5) is 0. The molecule has 7 unspecified atom stereocenters. The molecule has 0 aromatic heterocycles. The maximum absolute atomic E-state index is 10.8. The first-order valence-electron chi connectivity index (χ1n) is 24.9. The van der Waals surface area contributed by atoms with Crippen molar-refractivity contribution in [1.29, 1.82) is 10.8 Å². The fourth-order valence-corrected chi connectivity index (χ4v) is 12.4. The Kier molecular flexibility index (Phi) is 22.6. The van der Waals surface area contributed by atoms with Gasteiger partial charge in [0.25, 0.3) is 20.2 Å². The number of nitrogens with one attached hydrogen (secondary N) is 2. The molecule has 2 aromatic carbocycles. The molecule has 2 aromatic rings. The number of allylic oxidation sites excluding steroid dienone is 4. The summed E-state index contributed by atoms with van der Waals surface area (Å²) in [6, 6.07) is 14.4. The minimum atomic E-state index is -3.92. The molecule has 0 heterocycles. The second-order valence-corrected chi connectivity index (χ2v) is 24.4. The van der Waals surface area contributed by atoms with Crippen LogP contribution in [0, 0.1) is 50.2 Å². The summed E-state index contributed by atoms with van der Waals surface area (Å²) >= 11 is 0. The van der Waals surface area contributed by atoms with Crippen LogP contribution in [0.5, 0.6) is 11.5 Å². The monoisotopic (exact) mass is 1020 g/mol. The Bertz CT molecular complexity index is 2200. The predicted molar refractivity (Wildman–Crippen MR) is 280 cm³/mol. The average molecular weight is 1020 g/mol. The molecule has 15 nitrogen and oxygen atoms in total. The first kappa shape index (κ1) is 60.5. The Balaban J connectivity index is 0.000000295. The van der Waals surface area contributed by atoms with Gasteiger partial charge in [-0.15, -0.1) is 0 Å². The fourth-order valence-electron chi connectivity index (χ4n) is 11.9. The van der Waals surface area contributed by atoms with Crippen molar-refractivity contribution in [2.75, 3.05) is 37.9 Å². The lowest BCUT2D eigenvalue weighted by molar-refractivity contribution is -0.0962. The van der Waals surface area contributed by atoms with Crippen LogP contribution in [0.25, 0.3) is 0 Å². The zero-order valence-electron chi connectivity index (χ0n) is 43.1. The lowest BCUT2D eigenvalue weighted by atomic mass is 9.43. The topological polar surface area (TPSA) is 288 Å². The molecular formula is C53H86N4O11S2. The third-order valence-corrected chi connectivity index (χ3v) is 17.4. The van der Waals surface area contributed by atoms with Crippen molar-refractivity contribution in [1.82, 2.24) is 0 Å². The molecule has 0 spiro atoms. The highest BCUT2D eigenvalue weighted by molar-refractivity contribution is 7.86. The first-order valence-corrected chi connectivity index (χ1v) is 28.1. The van der Waals surface area contributed by atoms with Crippen LogP contribution in [0.15, 0.2) is 71.3 Å². The number of amidine groups is 2. The second-order valence-electron chi connectivity index (χ2n) is 21.2. The zero-order valence-corrected chi connectivity index (χ0v) is 44.7. The third kappa shape index (κ3) is 16.6. The van der Waals surface area contributed by atoms with Crippen LogP contribution in [0.2, 0.25) is 0 Å². The number of fused-ring (bicyclic) bond motifs is 4. The Morgan fingerprint density at radius 3 is 1.63 bits per heavy atom. The van der Waals surface area contributed by atoms with E-state index in [1.165, 1.54) is 63.4 Å². The van der Waals surface area contributed by atoms with Gasteiger partial charge in [0.15, 0.2) is 0 Å². The second kappa shape index (κ2) is 26.2. The van der Waals surface area contributed by atoms with Crippen LogP contribution in [-0.4, -0.2) is 97.0 Å². The van der Waals surface area contributed by atoms with Crippen molar-refractivity contribution in [3.8, 4) is 11.5 Å². The van der Waals surface area contributed by atoms with E-state index in [1.807, 2.05) is 35.4 Å². The molecule has 4 aliphatic rings.